The minimum atomic E-state index is -1.04. The topological polar surface area (TPSA) is 60.7 Å². The summed E-state index contributed by atoms with van der Waals surface area (Å²) in [5, 5.41) is 28.5. The summed E-state index contributed by atoms with van der Waals surface area (Å²) in [6, 6.07) is 4.29. The molecule has 0 saturated carbocycles. The lowest BCUT2D eigenvalue weighted by atomic mass is 10.0. The number of halogens is 2. The molecule has 0 aliphatic rings. The molecule has 2 unspecified atom stereocenters. The second-order valence-electron chi connectivity index (χ2n) is 3.20. The van der Waals surface area contributed by atoms with Gasteiger partial charge in [-0.05, 0) is 24.1 Å². The highest BCUT2D eigenvalue weighted by atomic mass is 35.5. The number of phenolic OH excluding ortho intramolecular Hbond substituents is 1. The molecule has 0 bridgehead atoms. The van der Waals surface area contributed by atoms with Gasteiger partial charge in [-0.3, -0.25) is 0 Å². The van der Waals surface area contributed by atoms with Crippen molar-refractivity contribution in [3.05, 3.63) is 28.8 Å². The molecule has 3 N–H and O–H groups in total. The lowest BCUT2D eigenvalue weighted by molar-refractivity contribution is 0.0170. The van der Waals surface area contributed by atoms with Crippen molar-refractivity contribution >= 4 is 23.2 Å². The Balaban J connectivity index is 2.81. The molecule has 0 aromatic heterocycles. The average Bonchev–Trinajstić information content (AvgIpc) is 2.21. The summed E-state index contributed by atoms with van der Waals surface area (Å²) in [4.78, 5) is 0. The van der Waals surface area contributed by atoms with Gasteiger partial charge in [0.25, 0.3) is 0 Å². The quantitative estimate of drug-likeness (QED) is 0.718. The number of aromatic hydroxyl groups is 1. The van der Waals surface area contributed by atoms with E-state index in [9.17, 15) is 15.3 Å². The second kappa shape index (κ2) is 5.56. The molecule has 0 heterocycles. The van der Waals surface area contributed by atoms with Crippen molar-refractivity contribution in [1.29, 1.82) is 0 Å². The van der Waals surface area contributed by atoms with Crippen molar-refractivity contribution in [2.45, 2.75) is 18.6 Å². The number of benzene rings is 1. The Kier molecular flexibility index (Phi) is 4.67. The van der Waals surface area contributed by atoms with Crippen LogP contribution >= 0.6 is 23.2 Å². The first-order chi connectivity index (χ1) is 7.06. The van der Waals surface area contributed by atoms with Crippen LogP contribution in [-0.2, 0) is 0 Å². The van der Waals surface area contributed by atoms with Crippen LogP contribution in [0.2, 0.25) is 5.02 Å². The summed E-state index contributed by atoms with van der Waals surface area (Å²) in [5.74, 6) is 0.212. The molecular formula is C10H12Cl2O3. The fraction of sp³-hybridized carbons (Fsp3) is 0.400. The van der Waals surface area contributed by atoms with Gasteiger partial charge in [0.05, 0.1) is 11.1 Å². The van der Waals surface area contributed by atoms with E-state index in [-0.39, 0.29) is 16.7 Å². The van der Waals surface area contributed by atoms with Crippen molar-refractivity contribution < 1.29 is 15.3 Å². The Bertz CT molecular complexity index is 330. The lowest BCUT2D eigenvalue weighted by Crippen LogP contribution is -2.18. The molecule has 0 amide bonds. The lowest BCUT2D eigenvalue weighted by Gasteiger charge is -2.17. The first-order valence-corrected chi connectivity index (χ1v) is 5.38. The van der Waals surface area contributed by atoms with Gasteiger partial charge in [0.1, 0.15) is 11.9 Å². The van der Waals surface area contributed by atoms with Crippen molar-refractivity contribution in [2.24, 2.45) is 0 Å². The van der Waals surface area contributed by atoms with E-state index in [0.717, 1.165) is 0 Å². The maximum atomic E-state index is 9.69. The molecule has 84 valence electrons. The summed E-state index contributed by atoms with van der Waals surface area (Å²) in [7, 11) is 0. The van der Waals surface area contributed by atoms with Gasteiger partial charge in [-0.15, -0.1) is 11.6 Å². The van der Waals surface area contributed by atoms with Crippen LogP contribution in [0.5, 0.6) is 5.75 Å². The fourth-order valence-electron chi connectivity index (χ4n) is 1.20. The molecule has 0 aliphatic carbocycles. The van der Waals surface area contributed by atoms with Gasteiger partial charge in [0, 0.05) is 5.88 Å². The van der Waals surface area contributed by atoms with Crippen molar-refractivity contribution in [2.75, 3.05) is 5.88 Å². The number of aliphatic hydroxyl groups excluding tert-OH is 2. The molecule has 3 nitrogen and oxygen atoms in total. The van der Waals surface area contributed by atoms with Gasteiger partial charge in [-0.25, -0.2) is 0 Å². The van der Waals surface area contributed by atoms with E-state index >= 15 is 0 Å². The fourth-order valence-corrected chi connectivity index (χ4v) is 1.61. The summed E-state index contributed by atoms with van der Waals surface area (Å²) >= 11 is 11.1. The molecule has 1 aromatic rings. The van der Waals surface area contributed by atoms with E-state index in [4.69, 9.17) is 23.2 Å². The van der Waals surface area contributed by atoms with Crippen molar-refractivity contribution in [3.63, 3.8) is 0 Å². The van der Waals surface area contributed by atoms with E-state index in [1.165, 1.54) is 18.2 Å². The number of phenols is 1. The van der Waals surface area contributed by atoms with Crippen LogP contribution in [-0.4, -0.2) is 27.3 Å². The molecule has 2 atom stereocenters. The van der Waals surface area contributed by atoms with Gasteiger partial charge in [0.2, 0.25) is 0 Å². The zero-order valence-electron chi connectivity index (χ0n) is 7.90. The molecule has 0 fully saturated rings. The molecular weight excluding hydrogens is 239 g/mol. The minimum Gasteiger partial charge on any atom is -0.506 e. The second-order valence-corrected chi connectivity index (χ2v) is 3.99. The van der Waals surface area contributed by atoms with Crippen LogP contribution in [0.3, 0.4) is 0 Å². The maximum absolute atomic E-state index is 9.69. The van der Waals surface area contributed by atoms with Crippen LogP contribution in [0.15, 0.2) is 18.2 Å². The molecule has 0 saturated heterocycles. The highest BCUT2D eigenvalue weighted by Crippen LogP contribution is 2.28. The summed E-state index contributed by atoms with van der Waals surface area (Å²) in [6.07, 6.45) is -1.67. The van der Waals surface area contributed by atoms with Crippen LogP contribution in [0.4, 0.5) is 0 Å². The molecule has 5 heteroatoms. The Labute approximate surface area is 97.9 Å². The zero-order chi connectivity index (χ0) is 11.4. The summed E-state index contributed by atoms with van der Waals surface area (Å²) < 4.78 is 0. The molecule has 15 heavy (non-hydrogen) atoms. The Morgan fingerprint density at radius 3 is 2.47 bits per heavy atom. The Morgan fingerprint density at radius 1 is 1.27 bits per heavy atom. The first-order valence-electron chi connectivity index (χ1n) is 4.46. The highest BCUT2D eigenvalue weighted by molar-refractivity contribution is 6.32. The molecule has 0 aliphatic heterocycles. The maximum Gasteiger partial charge on any atom is 0.134 e. The first kappa shape index (κ1) is 12.6. The summed E-state index contributed by atoms with van der Waals surface area (Å²) in [5.41, 5.74) is 0.454. The summed E-state index contributed by atoms with van der Waals surface area (Å²) in [6.45, 7) is 0. The number of hydrogen-bond acceptors (Lipinski definition) is 3. The van der Waals surface area contributed by atoms with Crippen LogP contribution in [0, 0.1) is 0 Å². The number of hydrogen-bond donors (Lipinski definition) is 3. The Hall–Kier alpha value is -0.480. The average molecular weight is 251 g/mol. The standard InChI is InChI=1S/C10H12Cl2O3/c11-4-3-9(14)10(15)6-1-2-8(13)7(12)5-6/h1-2,5,9-10,13-15H,3-4H2. The molecule has 1 rings (SSSR count). The third kappa shape index (κ3) is 3.24. The molecule has 1 aromatic carbocycles. The Morgan fingerprint density at radius 2 is 1.93 bits per heavy atom. The van der Waals surface area contributed by atoms with E-state index in [1.54, 1.807) is 0 Å². The van der Waals surface area contributed by atoms with E-state index in [1.807, 2.05) is 0 Å². The number of alkyl halides is 1. The van der Waals surface area contributed by atoms with E-state index in [2.05, 4.69) is 0 Å². The van der Waals surface area contributed by atoms with Crippen molar-refractivity contribution in [3.8, 4) is 5.75 Å². The third-order valence-corrected chi connectivity index (χ3v) is 2.60. The smallest absolute Gasteiger partial charge is 0.134 e. The van der Waals surface area contributed by atoms with Crippen molar-refractivity contribution in [1.82, 2.24) is 0 Å². The van der Waals surface area contributed by atoms with E-state index in [0.29, 0.717) is 12.0 Å². The largest absolute Gasteiger partial charge is 0.506 e. The van der Waals surface area contributed by atoms with Gasteiger partial charge in [0.15, 0.2) is 0 Å². The van der Waals surface area contributed by atoms with Gasteiger partial charge >= 0.3 is 0 Å². The monoisotopic (exact) mass is 250 g/mol. The highest BCUT2D eigenvalue weighted by Gasteiger charge is 2.18. The molecule has 0 spiro atoms. The predicted molar refractivity (Wildman–Crippen MR) is 59.4 cm³/mol. The van der Waals surface area contributed by atoms with Gasteiger partial charge in [-0.2, -0.15) is 0 Å². The predicted octanol–water partition coefficient (Wildman–Crippen LogP) is 2.07. The third-order valence-electron chi connectivity index (χ3n) is 2.08. The van der Waals surface area contributed by atoms with Gasteiger partial charge < -0.3 is 15.3 Å². The van der Waals surface area contributed by atoms with Crippen LogP contribution < -0.4 is 0 Å². The normalized spacial score (nSPS) is 14.9. The van der Waals surface area contributed by atoms with Crippen LogP contribution in [0.1, 0.15) is 18.1 Å². The van der Waals surface area contributed by atoms with Gasteiger partial charge in [-0.1, -0.05) is 17.7 Å². The zero-order valence-corrected chi connectivity index (χ0v) is 9.41. The van der Waals surface area contributed by atoms with E-state index < -0.39 is 12.2 Å². The number of rotatable bonds is 4. The van der Waals surface area contributed by atoms with Crippen LogP contribution in [0.25, 0.3) is 0 Å². The minimum absolute atomic E-state index is 0.0561. The molecule has 0 radical (unpaired) electrons. The SMILES string of the molecule is Oc1ccc(C(O)C(O)CCCl)cc1Cl. The number of aliphatic hydroxyl groups is 2.